The number of piperidine rings is 1. The number of aromatic nitrogens is 2. The Morgan fingerprint density at radius 2 is 1.76 bits per heavy atom. The highest BCUT2D eigenvalue weighted by Crippen LogP contribution is 2.55. The smallest absolute Gasteiger partial charge is 0.293 e. The minimum Gasteiger partial charge on any atom is -0.491 e. The fraction of sp³-hybridized carbons (Fsp3) is 0.500. The molecule has 4 saturated heterocycles. The van der Waals surface area contributed by atoms with Crippen LogP contribution in [0.2, 0.25) is 0 Å². The van der Waals surface area contributed by atoms with Gasteiger partial charge in [0.2, 0.25) is 5.88 Å². The van der Waals surface area contributed by atoms with E-state index in [1.807, 2.05) is 35.4 Å². The van der Waals surface area contributed by atoms with Crippen molar-refractivity contribution in [1.29, 1.82) is 0 Å². The number of hydrogen-bond acceptors (Lipinski definition) is 14. The molecule has 3 atom stereocenters. The Bertz CT molecular complexity index is 2870. The number of nitro benzene ring substituents is 1. The van der Waals surface area contributed by atoms with Crippen LogP contribution in [0.4, 0.5) is 28.4 Å². The number of pyridine rings is 1. The molecule has 3 N–H and O–H groups in total. The van der Waals surface area contributed by atoms with Crippen molar-refractivity contribution in [2.24, 2.45) is 11.3 Å². The van der Waals surface area contributed by atoms with Crippen molar-refractivity contribution in [3.8, 4) is 11.6 Å². The average Bonchev–Trinajstić information content (AvgIpc) is 4.03. The van der Waals surface area contributed by atoms with Gasteiger partial charge < -0.3 is 39.0 Å². The molecule has 7 heterocycles. The van der Waals surface area contributed by atoms with Crippen LogP contribution in [0.15, 0.2) is 83.9 Å². The minimum atomic E-state index is -4.60. The quantitative estimate of drug-likeness (QED) is 0.0751. The molecule has 17 nitrogen and oxygen atoms in total. The van der Waals surface area contributed by atoms with E-state index in [0.717, 1.165) is 87.5 Å². The summed E-state index contributed by atoms with van der Waals surface area (Å²) in [5.41, 5.74) is 4.16. The lowest BCUT2D eigenvalue weighted by Crippen LogP contribution is -2.55. The number of likely N-dealkylation sites (tertiary alicyclic amines) is 1. The van der Waals surface area contributed by atoms with Gasteiger partial charge in [-0.1, -0.05) is 18.2 Å². The van der Waals surface area contributed by atoms with Crippen LogP contribution in [-0.4, -0.2) is 111 Å². The Balaban J connectivity index is 0.867. The summed E-state index contributed by atoms with van der Waals surface area (Å²) in [5, 5.41) is 16.3. The summed E-state index contributed by atoms with van der Waals surface area (Å²) >= 11 is 0. The molecular formula is C52H62N8O9S. The molecule has 0 radical (unpaired) electrons. The number of rotatable bonds is 13. The van der Waals surface area contributed by atoms with E-state index in [1.165, 1.54) is 24.1 Å². The summed E-state index contributed by atoms with van der Waals surface area (Å²) < 4.78 is 54.9. The molecule has 3 aromatic carbocycles. The normalized spacial score (nSPS) is 22.9. The van der Waals surface area contributed by atoms with Gasteiger partial charge in [0.25, 0.3) is 21.6 Å². The number of H-pyrrole nitrogens is 1. The molecule has 6 aliphatic rings. The van der Waals surface area contributed by atoms with Crippen molar-refractivity contribution in [2.45, 2.75) is 107 Å². The van der Waals surface area contributed by atoms with Crippen LogP contribution < -0.4 is 29.3 Å². The predicted octanol–water partition coefficient (Wildman–Crippen LogP) is 8.49. The molecule has 18 heteroatoms. The number of anilines is 4. The topological polar surface area (TPSA) is 194 Å². The van der Waals surface area contributed by atoms with Crippen LogP contribution in [0.25, 0.3) is 11.0 Å². The molecule has 11 rings (SSSR count). The summed E-state index contributed by atoms with van der Waals surface area (Å²) in [6.45, 7) is 9.46. The van der Waals surface area contributed by atoms with Crippen LogP contribution >= 0.6 is 0 Å². The summed E-state index contributed by atoms with van der Waals surface area (Å²) in [5.74, 6) is 0.787. The molecule has 1 spiro atoms. The van der Waals surface area contributed by atoms with Crippen molar-refractivity contribution in [1.82, 2.24) is 19.6 Å². The third kappa shape index (κ3) is 9.03. The SMILES string of the molecule is CC(C)Oc1ccccc1[C@@H]1CCCN1C1CC2(CCN(c3ccc(C(=O)NS(=O)(=O)c4ccc(NCC5CCOCC5)c([N+](=O)[O-])c4)c(N4c5cc6cc[nH]c6nc5O[C@@H]5CCOC[C@@H]54)c3)CC2)C1. The third-order valence-corrected chi connectivity index (χ3v) is 17.0. The number of carbonyl (C=O) groups is 1. The number of para-hydroxylation sites is 1. The second kappa shape index (κ2) is 19.0. The number of ether oxygens (including phenoxy) is 4. The van der Waals surface area contributed by atoms with Gasteiger partial charge in [0.15, 0.2) is 0 Å². The van der Waals surface area contributed by atoms with Gasteiger partial charge in [0, 0.05) is 80.3 Å². The van der Waals surface area contributed by atoms with Gasteiger partial charge in [-0.15, -0.1) is 0 Å². The van der Waals surface area contributed by atoms with Crippen molar-refractivity contribution >= 4 is 55.4 Å². The number of carbonyl (C=O) groups excluding carboxylic acids is 1. The van der Waals surface area contributed by atoms with Crippen LogP contribution in [0.5, 0.6) is 11.6 Å². The fourth-order valence-electron chi connectivity index (χ4n) is 12.0. The van der Waals surface area contributed by atoms with E-state index in [0.29, 0.717) is 74.4 Å². The van der Waals surface area contributed by atoms with Crippen molar-refractivity contribution in [2.75, 3.05) is 67.7 Å². The number of amides is 1. The number of hydrogen-bond donors (Lipinski definition) is 3. The fourth-order valence-corrected chi connectivity index (χ4v) is 12.9. The Morgan fingerprint density at radius 3 is 2.56 bits per heavy atom. The summed E-state index contributed by atoms with van der Waals surface area (Å²) in [6, 6.07) is 22.2. The van der Waals surface area contributed by atoms with Gasteiger partial charge >= 0.3 is 0 Å². The molecular weight excluding hydrogens is 913 g/mol. The number of nitrogens with one attached hydrogen (secondary N) is 3. The van der Waals surface area contributed by atoms with Crippen molar-refractivity contribution < 1.29 is 37.1 Å². The zero-order valence-corrected chi connectivity index (χ0v) is 40.6. The van der Waals surface area contributed by atoms with Crippen LogP contribution in [-0.2, 0) is 19.5 Å². The van der Waals surface area contributed by atoms with Crippen molar-refractivity contribution in [3.63, 3.8) is 0 Å². The van der Waals surface area contributed by atoms with E-state index in [2.05, 4.69) is 62.9 Å². The first-order valence-corrected chi connectivity index (χ1v) is 26.5. The van der Waals surface area contributed by atoms with Gasteiger partial charge in [0.05, 0.1) is 46.4 Å². The number of fused-ring (bicyclic) bond motifs is 3. The maximum atomic E-state index is 14.7. The predicted molar refractivity (Wildman–Crippen MR) is 266 cm³/mol. The van der Waals surface area contributed by atoms with Gasteiger partial charge in [-0.3, -0.25) is 19.8 Å². The minimum absolute atomic E-state index is 0.110. The van der Waals surface area contributed by atoms with Crippen LogP contribution in [0, 0.1) is 21.4 Å². The Labute approximate surface area is 408 Å². The van der Waals surface area contributed by atoms with E-state index in [-0.39, 0.29) is 40.8 Å². The lowest BCUT2D eigenvalue weighted by atomic mass is 9.60. The molecule has 2 aromatic heterocycles. The second-order valence-corrected chi connectivity index (χ2v) is 22.0. The molecule has 0 bridgehead atoms. The number of sulfonamides is 1. The third-order valence-electron chi connectivity index (χ3n) is 15.6. The molecule has 1 aliphatic carbocycles. The summed E-state index contributed by atoms with van der Waals surface area (Å²) in [4.78, 5) is 41.1. The zero-order chi connectivity index (χ0) is 48.1. The number of aromatic amines is 1. The first-order chi connectivity index (χ1) is 33.9. The highest BCUT2D eigenvalue weighted by atomic mass is 32.2. The van der Waals surface area contributed by atoms with Gasteiger partial charge in [-0.05, 0) is 132 Å². The first kappa shape index (κ1) is 46.4. The number of benzene rings is 3. The Kier molecular flexibility index (Phi) is 12.6. The lowest BCUT2D eigenvalue weighted by molar-refractivity contribution is -0.384. The van der Waals surface area contributed by atoms with E-state index in [9.17, 15) is 23.3 Å². The number of nitro groups is 1. The maximum Gasteiger partial charge on any atom is 0.293 e. The van der Waals surface area contributed by atoms with E-state index >= 15 is 0 Å². The summed E-state index contributed by atoms with van der Waals surface area (Å²) in [6.07, 6.45) is 10.6. The molecule has 5 fully saturated rings. The standard InChI is InChI=1S/C52H62N8O9S/c1-33(2)68-47-8-4-3-6-39(47)42-7-5-20-58(42)37-29-52(30-37)17-21-57(22-18-52)36-9-11-40(43(27-36)59-45-26-35-13-19-53-49(35)55-51(45)69-48-16-25-67-32-46(48)59)50(61)56-70(64,65)38-10-12-41(44(28-38)60(62)63)54-31-34-14-23-66-24-15-34/h3-4,6,8-13,19,26-28,33-34,37,42,46,48,54H,5,7,14-18,20-25,29-32H2,1-2H3,(H,53,55)(H,56,61)/t42-,46-,48+/m0/s1. The highest BCUT2D eigenvalue weighted by molar-refractivity contribution is 7.90. The second-order valence-electron chi connectivity index (χ2n) is 20.3. The molecule has 1 saturated carbocycles. The van der Waals surface area contributed by atoms with Gasteiger partial charge in [0.1, 0.15) is 28.9 Å². The van der Waals surface area contributed by atoms with Crippen LogP contribution in [0.1, 0.15) is 93.6 Å². The monoisotopic (exact) mass is 974 g/mol. The lowest BCUT2D eigenvalue weighted by Gasteiger charge is -2.56. The number of nitrogens with zero attached hydrogens (tertiary/aromatic N) is 5. The Morgan fingerprint density at radius 1 is 0.957 bits per heavy atom. The molecule has 1 amide bonds. The zero-order valence-electron chi connectivity index (χ0n) is 39.8. The van der Waals surface area contributed by atoms with Crippen LogP contribution in [0.3, 0.4) is 0 Å². The van der Waals surface area contributed by atoms with Crippen molar-refractivity contribution in [3.05, 3.63) is 100 Å². The summed E-state index contributed by atoms with van der Waals surface area (Å²) in [7, 11) is -4.60. The van der Waals surface area contributed by atoms with E-state index < -0.39 is 31.4 Å². The van der Waals surface area contributed by atoms with Gasteiger partial charge in [-0.25, -0.2) is 13.1 Å². The molecule has 70 heavy (non-hydrogen) atoms. The molecule has 0 unspecified atom stereocenters. The van der Waals surface area contributed by atoms with E-state index in [1.54, 1.807) is 6.07 Å². The molecule has 5 aliphatic heterocycles. The highest BCUT2D eigenvalue weighted by Gasteiger charge is 2.50. The largest absolute Gasteiger partial charge is 0.491 e. The molecule has 370 valence electrons. The molecule has 5 aromatic rings. The average molecular weight is 975 g/mol. The Hall–Kier alpha value is -5.95. The van der Waals surface area contributed by atoms with E-state index in [4.69, 9.17) is 23.9 Å². The maximum absolute atomic E-state index is 14.7. The first-order valence-electron chi connectivity index (χ1n) is 25.0. The van der Waals surface area contributed by atoms with Gasteiger partial charge in [-0.2, -0.15) is 4.98 Å².